The Morgan fingerprint density at radius 1 is 0.200 bits per heavy atom. The zero-order valence-electron chi connectivity index (χ0n) is 30.2. The third-order valence-corrected chi connectivity index (χ3v) is 11.4. The molecule has 10 aromatic carbocycles. The van der Waals surface area contributed by atoms with Crippen LogP contribution >= 0.6 is 0 Å². The molecule has 0 heterocycles. The Labute approximate surface area is 321 Å². The van der Waals surface area contributed by atoms with E-state index in [1.54, 1.807) is 0 Å². The fraction of sp³-hybridized carbons (Fsp3) is 0. The smallest absolute Gasteiger partial charge is 0.0468 e. The van der Waals surface area contributed by atoms with Crippen LogP contribution in [0.15, 0.2) is 212 Å². The van der Waals surface area contributed by atoms with Gasteiger partial charge in [-0.25, -0.2) is 0 Å². The van der Waals surface area contributed by atoms with E-state index >= 15 is 0 Å². The minimum absolute atomic E-state index is 1.11. The lowest BCUT2D eigenvalue weighted by Crippen LogP contribution is -2.10. The van der Waals surface area contributed by atoms with Crippen molar-refractivity contribution in [1.82, 2.24) is 0 Å². The van der Waals surface area contributed by atoms with Crippen molar-refractivity contribution in [3.8, 4) is 55.6 Å². The van der Waals surface area contributed by atoms with E-state index in [4.69, 9.17) is 0 Å². The van der Waals surface area contributed by atoms with Crippen LogP contribution in [-0.2, 0) is 0 Å². The highest BCUT2D eigenvalue weighted by Crippen LogP contribution is 2.50. The number of fused-ring (bicyclic) bond motifs is 14. The molecule has 0 fully saturated rings. The summed E-state index contributed by atoms with van der Waals surface area (Å²) in [6, 6.07) is 77.9. The topological polar surface area (TPSA) is 3.24 Å². The number of anilines is 3. The first kappa shape index (κ1) is 31.3. The summed E-state index contributed by atoms with van der Waals surface area (Å²) in [5, 5.41) is 7.62. The fourth-order valence-corrected chi connectivity index (χ4v) is 8.90. The van der Waals surface area contributed by atoms with Gasteiger partial charge in [-0.15, -0.1) is 0 Å². The van der Waals surface area contributed by atoms with Crippen molar-refractivity contribution in [1.29, 1.82) is 0 Å². The van der Waals surface area contributed by atoms with Gasteiger partial charge in [0.25, 0.3) is 0 Å². The Morgan fingerprint density at radius 2 is 0.545 bits per heavy atom. The molecule has 0 spiro atoms. The molecule has 11 rings (SSSR count). The molecule has 0 aliphatic heterocycles. The Hall–Kier alpha value is -7.22. The minimum Gasteiger partial charge on any atom is -0.310 e. The number of benzene rings is 10. The molecule has 1 aliphatic carbocycles. The lowest BCUT2D eigenvalue weighted by atomic mass is 9.81. The molecule has 0 radical (unpaired) electrons. The van der Waals surface area contributed by atoms with Crippen LogP contribution in [0.3, 0.4) is 0 Å². The molecule has 0 aromatic heterocycles. The SMILES string of the molecule is c1ccc(-c2ccc(N(c3ccc4c(c3)-c3ccccc3-c3ccccc3-c3ccccc3-4)c3ccc4c5ccccc5c5ccccc5c4c3)cc2)cc1. The maximum absolute atomic E-state index is 2.43. The van der Waals surface area contributed by atoms with Crippen molar-refractivity contribution >= 4 is 49.4 Å². The van der Waals surface area contributed by atoms with Crippen LogP contribution in [0, 0.1) is 0 Å². The molecule has 256 valence electrons. The summed E-state index contributed by atoms with van der Waals surface area (Å²) in [6.45, 7) is 0. The Kier molecular flexibility index (Phi) is 7.25. The van der Waals surface area contributed by atoms with E-state index in [2.05, 4.69) is 217 Å². The van der Waals surface area contributed by atoms with Gasteiger partial charge in [-0.2, -0.15) is 0 Å². The van der Waals surface area contributed by atoms with E-state index < -0.39 is 0 Å². The van der Waals surface area contributed by atoms with E-state index in [9.17, 15) is 0 Å². The van der Waals surface area contributed by atoms with E-state index in [-0.39, 0.29) is 0 Å². The Balaban J connectivity index is 1.17. The van der Waals surface area contributed by atoms with Gasteiger partial charge in [0.05, 0.1) is 0 Å². The summed E-state index contributed by atoms with van der Waals surface area (Å²) in [5.41, 5.74) is 15.7. The summed E-state index contributed by atoms with van der Waals surface area (Å²) in [5.74, 6) is 0. The van der Waals surface area contributed by atoms with E-state index in [0.717, 1.165) is 17.1 Å². The van der Waals surface area contributed by atoms with Crippen LogP contribution in [-0.4, -0.2) is 0 Å². The summed E-state index contributed by atoms with van der Waals surface area (Å²) in [6.07, 6.45) is 0. The average molecular weight is 698 g/mol. The molecule has 0 amide bonds. The molecule has 0 unspecified atom stereocenters. The Bertz CT molecular complexity index is 3040. The van der Waals surface area contributed by atoms with Gasteiger partial charge in [-0.3, -0.25) is 0 Å². The van der Waals surface area contributed by atoms with Crippen LogP contribution in [0.1, 0.15) is 0 Å². The second kappa shape index (κ2) is 12.7. The van der Waals surface area contributed by atoms with Crippen LogP contribution in [0.5, 0.6) is 0 Å². The van der Waals surface area contributed by atoms with Crippen molar-refractivity contribution in [2.75, 3.05) is 4.90 Å². The fourth-order valence-electron chi connectivity index (χ4n) is 8.90. The van der Waals surface area contributed by atoms with Crippen molar-refractivity contribution in [3.63, 3.8) is 0 Å². The van der Waals surface area contributed by atoms with Crippen LogP contribution in [0.2, 0.25) is 0 Å². The standard InChI is InChI=1S/C54H35N/c1-2-14-36(15-3-1)37-26-28-38(29-27-37)55(40-31-33-52-48-23-9-7-19-44(48)46-21-11-13-25-50(46)54(52)35-40)39-30-32-51-47-22-8-6-18-43(47)41-16-4-5-17-42(41)45-20-10-12-24-49(45)53(51)34-39/h1-35H. The van der Waals surface area contributed by atoms with E-state index in [1.165, 1.54) is 88.0 Å². The highest BCUT2D eigenvalue weighted by Gasteiger charge is 2.24. The molecule has 0 saturated carbocycles. The van der Waals surface area contributed by atoms with Gasteiger partial charge >= 0.3 is 0 Å². The van der Waals surface area contributed by atoms with Crippen LogP contribution in [0.4, 0.5) is 17.1 Å². The molecule has 0 N–H and O–H groups in total. The third-order valence-electron chi connectivity index (χ3n) is 11.4. The largest absolute Gasteiger partial charge is 0.310 e. The second-order valence-corrected chi connectivity index (χ2v) is 14.4. The van der Waals surface area contributed by atoms with Gasteiger partial charge < -0.3 is 4.90 Å². The highest BCUT2D eigenvalue weighted by molar-refractivity contribution is 6.25. The second-order valence-electron chi connectivity index (χ2n) is 14.4. The Morgan fingerprint density at radius 3 is 1.07 bits per heavy atom. The molecule has 0 atom stereocenters. The number of nitrogens with zero attached hydrogens (tertiary/aromatic N) is 1. The summed E-state index contributed by atoms with van der Waals surface area (Å²) < 4.78 is 0. The number of rotatable bonds is 4. The zero-order chi connectivity index (χ0) is 36.3. The van der Waals surface area contributed by atoms with Gasteiger partial charge in [0.2, 0.25) is 0 Å². The van der Waals surface area contributed by atoms with E-state index in [0.29, 0.717) is 0 Å². The highest BCUT2D eigenvalue weighted by atomic mass is 15.1. The predicted octanol–water partition coefficient (Wildman–Crippen LogP) is 15.3. The number of hydrogen-bond acceptors (Lipinski definition) is 1. The van der Waals surface area contributed by atoms with Crippen LogP contribution < -0.4 is 4.90 Å². The minimum atomic E-state index is 1.11. The van der Waals surface area contributed by atoms with Crippen LogP contribution in [0.25, 0.3) is 88.0 Å². The maximum atomic E-state index is 2.43. The van der Waals surface area contributed by atoms with Gasteiger partial charge in [0.15, 0.2) is 0 Å². The van der Waals surface area contributed by atoms with E-state index in [1.807, 2.05) is 0 Å². The van der Waals surface area contributed by atoms with Gasteiger partial charge in [0, 0.05) is 17.1 Å². The summed E-state index contributed by atoms with van der Waals surface area (Å²) in [7, 11) is 0. The lowest BCUT2D eigenvalue weighted by molar-refractivity contribution is 1.29. The van der Waals surface area contributed by atoms with Gasteiger partial charge in [0.1, 0.15) is 0 Å². The van der Waals surface area contributed by atoms with Crippen molar-refractivity contribution in [3.05, 3.63) is 212 Å². The normalized spacial score (nSPS) is 11.6. The first-order valence-corrected chi connectivity index (χ1v) is 19.0. The quantitative estimate of drug-likeness (QED) is 0.166. The molecule has 0 saturated heterocycles. The zero-order valence-corrected chi connectivity index (χ0v) is 30.2. The molecular weight excluding hydrogens is 663 g/mol. The molecular formula is C54H35N. The average Bonchev–Trinajstić information content (AvgIpc) is 3.27. The maximum Gasteiger partial charge on any atom is 0.0468 e. The van der Waals surface area contributed by atoms with Crippen molar-refractivity contribution < 1.29 is 0 Å². The monoisotopic (exact) mass is 697 g/mol. The molecule has 1 aliphatic rings. The van der Waals surface area contributed by atoms with Crippen molar-refractivity contribution in [2.45, 2.75) is 0 Å². The van der Waals surface area contributed by atoms with Gasteiger partial charge in [-0.1, -0.05) is 176 Å². The molecule has 1 heteroatoms. The summed E-state index contributed by atoms with van der Waals surface area (Å²) in [4.78, 5) is 2.43. The predicted molar refractivity (Wildman–Crippen MR) is 234 cm³/mol. The van der Waals surface area contributed by atoms with Crippen molar-refractivity contribution in [2.24, 2.45) is 0 Å². The lowest BCUT2D eigenvalue weighted by Gasteiger charge is -2.29. The number of hydrogen-bond donors (Lipinski definition) is 0. The molecule has 10 aromatic rings. The summed E-state index contributed by atoms with van der Waals surface area (Å²) >= 11 is 0. The first-order chi connectivity index (χ1) is 27.3. The molecule has 1 nitrogen and oxygen atoms in total. The molecule has 0 bridgehead atoms. The van der Waals surface area contributed by atoms with Gasteiger partial charge in [-0.05, 0) is 124 Å². The molecule has 55 heavy (non-hydrogen) atoms. The first-order valence-electron chi connectivity index (χ1n) is 19.0. The third kappa shape index (κ3) is 5.09.